The molecule has 0 spiro atoms. The first-order chi connectivity index (χ1) is 13.2. The molecule has 27 heavy (non-hydrogen) atoms. The van der Waals surface area contributed by atoms with Crippen LogP contribution in [-0.4, -0.2) is 35.3 Å². The third-order valence-corrected chi connectivity index (χ3v) is 4.23. The summed E-state index contributed by atoms with van der Waals surface area (Å²) in [4.78, 5) is 17.0. The smallest absolute Gasteiger partial charge is 0.258 e. The molecule has 1 atom stereocenters. The topological polar surface area (TPSA) is 65.4 Å². The van der Waals surface area contributed by atoms with E-state index in [0.717, 1.165) is 16.9 Å². The van der Waals surface area contributed by atoms with Crippen LogP contribution in [0.3, 0.4) is 0 Å². The van der Waals surface area contributed by atoms with E-state index in [1.54, 1.807) is 0 Å². The van der Waals surface area contributed by atoms with Crippen LogP contribution >= 0.6 is 0 Å². The number of ether oxygens (including phenoxy) is 2. The van der Waals surface area contributed by atoms with Gasteiger partial charge in [-0.25, -0.2) is 4.98 Å². The van der Waals surface area contributed by atoms with E-state index in [4.69, 9.17) is 14.5 Å². The molecule has 1 N–H and O–H groups in total. The molecule has 0 aliphatic carbocycles. The molecular weight excluding hydrogens is 342 g/mol. The molecule has 0 fully saturated rings. The van der Waals surface area contributed by atoms with Gasteiger partial charge in [-0.3, -0.25) is 4.79 Å². The number of para-hydroxylation sites is 3. The van der Waals surface area contributed by atoms with Gasteiger partial charge < -0.3 is 19.4 Å². The minimum Gasteiger partial charge on any atom is -0.484 e. The molecule has 3 aromatic rings. The minimum absolute atomic E-state index is 0.0342. The molecule has 1 amide bonds. The average Bonchev–Trinajstić information content (AvgIpc) is 3.06. The van der Waals surface area contributed by atoms with Gasteiger partial charge in [0.15, 0.2) is 6.61 Å². The average molecular weight is 367 g/mol. The summed E-state index contributed by atoms with van der Waals surface area (Å²) in [6.45, 7) is 5.83. The highest BCUT2D eigenvalue weighted by Gasteiger charge is 2.18. The highest BCUT2D eigenvalue weighted by atomic mass is 16.5. The molecule has 0 aliphatic rings. The molecule has 0 bridgehead atoms. The molecule has 0 saturated heterocycles. The van der Waals surface area contributed by atoms with Crippen molar-refractivity contribution in [2.24, 2.45) is 0 Å². The van der Waals surface area contributed by atoms with Gasteiger partial charge in [-0.15, -0.1) is 0 Å². The Morgan fingerprint density at radius 1 is 1.15 bits per heavy atom. The molecule has 6 heteroatoms. The molecule has 1 unspecified atom stereocenters. The van der Waals surface area contributed by atoms with Crippen LogP contribution in [0.4, 0.5) is 0 Å². The molecule has 142 valence electrons. The van der Waals surface area contributed by atoms with Crippen LogP contribution in [0.25, 0.3) is 11.0 Å². The maximum Gasteiger partial charge on any atom is 0.258 e. The van der Waals surface area contributed by atoms with E-state index in [9.17, 15) is 4.79 Å². The number of hydrogen-bond acceptors (Lipinski definition) is 4. The van der Waals surface area contributed by atoms with E-state index in [1.807, 2.05) is 68.4 Å². The first-order valence-electron chi connectivity index (χ1n) is 9.19. The number of carbonyl (C=O) groups is 1. The lowest BCUT2D eigenvalue weighted by Gasteiger charge is -2.16. The number of nitrogens with zero attached hydrogens (tertiary/aromatic N) is 2. The van der Waals surface area contributed by atoms with E-state index in [0.29, 0.717) is 25.5 Å². The second-order valence-corrected chi connectivity index (χ2v) is 6.20. The van der Waals surface area contributed by atoms with Gasteiger partial charge in [-0.05, 0) is 38.1 Å². The Balaban J connectivity index is 1.69. The Bertz CT molecular complexity index is 877. The van der Waals surface area contributed by atoms with Crippen molar-refractivity contribution in [3.8, 4) is 5.75 Å². The summed E-state index contributed by atoms with van der Waals surface area (Å²) in [5, 5.41) is 2.97. The van der Waals surface area contributed by atoms with Gasteiger partial charge >= 0.3 is 0 Å². The van der Waals surface area contributed by atoms with Crippen LogP contribution in [0.15, 0.2) is 54.6 Å². The van der Waals surface area contributed by atoms with Gasteiger partial charge in [-0.1, -0.05) is 30.3 Å². The quantitative estimate of drug-likeness (QED) is 0.589. The lowest BCUT2D eigenvalue weighted by molar-refractivity contribution is -0.123. The molecule has 0 aliphatic heterocycles. The zero-order valence-corrected chi connectivity index (χ0v) is 15.7. The third kappa shape index (κ3) is 4.86. The highest BCUT2D eigenvalue weighted by molar-refractivity contribution is 5.79. The molecule has 0 radical (unpaired) electrons. The van der Waals surface area contributed by atoms with Crippen LogP contribution in [0.1, 0.15) is 25.7 Å². The molecule has 1 heterocycles. The van der Waals surface area contributed by atoms with E-state index in [1.165, 1.54) is 0 Å². The van der Waals surface area contributed by atoms with Crippen molar-refractivity contribution < 1.29 is 14.3 Å². The summed E-state index contributed by atoms with van der Waals surface area (Å²) in [7, 11) is 0. The van der Waals surface area contributed by atoms with Gasteiger partial charge in [0, 0.05) is 13.2 Å². The summed E-state index contributed by atoms with van der Waals surface area (Å²) < 4.78 is 13.1. The first-order valence-corrected chi connectivity index (χ1v) is 9.19. The summed E-state index contributed by atoms with van der Waals surface area (Å²) >= 11 is 0. The van der Waals surface area contributed by atoms with Crippen LogP contribution in [0.5, 0.6) is 5.75 Å². The standard InChI is InChI=1S/C21H25N3O3/c1-3-26-14-13-24-19-12-8-7-11-18(19)23-21(24)16(2)22-20(25)15-27-17-9-5-4-6-10-17/h4-12,16H,3,13-15H2,1-2H3,(H,22,25). The van der Waals surface area contributed by atoms with Crippen molar-refractivity contribution in [1.82, 2.24) is 14.9 Å². The van der Waals surface area contributed by atoms with Gasteiger partial charge in [0.05, 0.1) is 23.7 Å². The molecule has 1 aromatic heterocycles. The first kappa shape index (κ1) is 18.9. The van der Waals surface area contributed by atoms with Crippen molar-refractivity contribution in [2.45, 2.75) is 26.4 Å². The Hall–Kier alpha value is -2.86. The van der Waals surface area contributed by atoms with Crippen LogP contribution in [-0.2, 0) is 16.1 Å². The van der Waals surface area contributed by atoms with Crippen molar-refractivity contribution >= 4 is 16.9 Å². The second-order valence-electron chi connectivity index (χ2n) is 6.20. The van der Waals surface area contributed by atoms with Crippen molar-refractivity contribution in [3.05, 3.63) is 60.4 Å². The summed E-state index contributed by atoms with van der Waals surface area (Å²) in [5.74, 6) is 1.29. The lowest BCUT2D eigenvalue weighted by atomic mass is 10.3. The Labute approximate surface area is 159 Å². The van der Waals surface area contributed by atoms with E-state index in [-0.39, 0.29) is 18.6 Å². The summed E-state index contributed by atoms with van der Waals surface area (Å²) in [6, 6.07) is 17.0. The van der Waals surface area contributed by atoms with Crippen LogP contribution in [0, 0.1) is 0 Å². The van der Waals surface area contributed by atoms with Crippen molar-refractivity contribution in [1.29, 1.82) is 0 Å². The third-order valence-electron chi connectivity index (χ3n) is 4.23. The fourth-order valence-corrected chi connectivity index (χ4v) is 2.97. The number of nitrogens with one attached hydrogen (secondary N) is 1. The van der Waals surface area contributed by atoms with Crippen LogP contribution in [0.2, 0.25) is 0 Å². The number of imidazole rings is 1. The molecule has 6 nitrogen and oxygen atoms in total. The normalized spacial score (nSPS) is 12.1. The SMILES string of the molecule is CCOCCn1c(C(C)NC(=O)COc2ccccc2)nc2ccccc21. The number of hydrogen-bond donors (Lipinski definition) is 1. The van der Waals surface area contributed by atoms with Gasteiger partial charge in [0.2, 0.25) is 0 Å². The fraction of sp³-hybridized carbons (Fsp3) is 0.333. The van der Waals surface area contributed by atoms with E-state index >= 15 is 0 Å². The highest BCUT2D eigenvalue weighted by Crippen LogP contribution is 2.21. The number of aromatic nitrogens is 2. The van der Waals surface area contributed by atoms with E-state index in [2.05, 4.69) is 9.88 Å². The minimum atomic E-state index is -0.245. The van der Waals surface area contributed by atoms with Crippen molar-refractivity contribution in [3.63, 3.8) is 0 Å². The Morgan fingerprint density at radius 2 is 1.89 bits per heavy atom. The lowest BCUT2D eigenvalue weighted by Crippen LogP contribution is -2.32. The maximum absolute atomic E-state index is 12.3. The van der Waals surface area contributed by atoms with Crippen LogP contribution < -0.4 is 10.1 Å². The number of amides is 1. The number of carbonyl (C=O) groups excluding carboxylic acids is 1. The zero-order chi connectivity index (χ0) is 19.1. The fourth-order valence-electron chi connectivity index (χ4n) is 2.97. The molecule has 2 aromatic carbocycles. The van der Waals surface area contributed by atoms with Gasteiger partial charge in [0.25, 0.3) is 5.91 Å². The zero-order valence-electron chi connectivity index (χ0n) is 15.7. The number of rotatable bonds is 9. The summed E-state index contributed by atoms with van der Waals surface area (Å²) in [5.41, 5.74) is 1.94. The predicted octanol–water partition coefficient (Wildman–Crippen LogP) is 3.33. The van der Waals surface area contributed by atoms with Gasteiger partial charge in [-0.2, -0.15) is 0 Å². The molecule has 0 saturated carbocycles. The van der Waals surface area contributed by atoms with Crippen molar-refractivity contribution in [2.75, 3.05) is 19.8 Å². The largest absolute Gasteiger partial charge is 0.484 e. The second kappa shape index (κ2) is 9.19. The summed E-state index contributed by atoms with van der Waals surface area (Å²) in [6.07, 6.45) is 0. The predicted molar refractivity (Wildman–Crippen MR) is 105 cm³/mol. The molecular formula is C21H25N3O3. The Kier molecular flexibility index (Phi) is 6.44. The Morgan fingerprint density at radius 3 is 2.67 bits per heavy atom. The van der Waals surface area contributed by atoms with Gasteiger partial charge in [0.1, 0.15) is 11.6 Å². The maximum atomic E-state index is 12.3. The van der Waals surface area contributed by atoms with E-state index < -0.39 is 0 Å². The number of benzene rings is 2. The monoisotopic (exact) mass is 367 g/mol. The number of fused-ring (bicyclic) bond motifs is 1. The molecule has 3 rings (SSSR count).